The number of para-hydroxylation sites is 2. The Bertz CT molecular complexity index is 743. The van der Waals surface area contributed by atoms with Crippen LogP contribution < -0.4 is 0 Å². The molecule has 1 fully saturated rings. The Morgan fingerprint density at radius 2 is 2.23 bits per heavy atom. The summed E-state index contributed by atoms with van der Waals surface area (Å²) >= 11 is 0. The molecule has 3 aromatic rings. The number of likely N-dealkylation sites (tertiary alicyclic amines) is 1. The van der Waals surface area contributed by atoms with Gasteiger partial charge in [-0.3, -0.25) is 4.90 Å². The number of piperidine rings is 1. The van der Waals surface area contributed by atoms with Crippen LogP contribution >= 0.6 is 0 Å². The summed E-state index contributed by atoms with van der Waals surface area (Å²) in [5.41, 5.74) is 3.18. The lowest BCUT2D eigenvalue weighted by atomic mass is 9.99. The van der Waals surface area contributed by atoms with E-state index in [4.69, 9.17) is 9.51 Å². The molecule has 0 spiro atoms. The van der Waals surface area contributed by atoms with Crippen LogP contribution in [0.3, 0.4) is 0 Å². The zero-order valence-corrected chi connectivity index (χ0v) is 12.7. The van der Waals surface area contributed by atoms with Gasteiger partial charge < -0.3 is 9.51 Å². The molecule has 0 radical (unpaired) electrons. The molecule has 1 aliphatic heterocycles. The van der Waals surface area contributed by atoms with Gasteiger partial charge in [0.1, 0.15) is 17.3 Å². The lowest BCUT2D eigenvalue weighted by Crippen LogP contribution is -2.33. The average molecular weight is 296 g/mol. The number of fused-ring (bicyclic) bond motifs is 1. The molecule has 2 aromatic heterocycles. The highest BCUT2D eigenvalue weighted by Gasteiger charge is 2.27. The van der Waals surface area contributed by atoms with Crippen molar-refractivity contribution < 1.29 is 4.52 Å². The summed E-state index contributed by atoms with van der Waals surface area (Å²) in [7, 11) is 0. The molecule has 1 N–H and O–H groups in total. The Balaban J connectivity index is 1.59. The Labute approximate surface area is 129 Å². The number of rotatable bonds is 3. The van der Waals surface area contributed by atoms with E-state index in [2.05, 4.69) is 27.2 Å². The Hall–Kier alpha value is -2.14. The first-order valence-corrected chi connectivity index (χ1v) is 7.90. The van der Waals surface area contributed by atoms with Gasteiger partial charge in [-0.1, -0.05) is 23.7 Å². The fraction of sp³-hybridized carbons (Fsp3) is 0.412. The minimum absolute atomic E-state index is 0.333. The molecule has 3 heterocycles. The number of aryl methyl sites for hydroxylation is 1. The first-order valence-electron chi connectivity index (χ1n) is 7.90. The van der Waals surface area contributed by atoms with Crippen molar-refractivity contribution in [2.75, 3.05) is 6.54 Å². The Kier molecular flexibility index (Phi) is 3.42. The van der Waals surface area contributed by atoms with Gasteiger partial charge in [0.25, 0.3) is 0 Å². The fourth-order valence-electron chi connectivity index (χ4n) is 3.33. The summed E-state index contributed by atoms with van der Waals surface area (Å²) in [5, 5.41) is 4.23. The summed E-state index contributed by atoms with van der Waals surface area (Å²) in [4.78, 5) is 10.6. The molecule has 1 atom stereocenters. The van der Waals surface area contributed by atoms with Crippen molar-refractivity contribution in [1.29, 1.82) is 0 Å². The monoisotopic (exact) mass is 296 g/mol. The molecule has 1 aliphatic rings. The number of H-pyrrole nitrogens is 1. The third-order valence-corrected chi connectivity index (χ3v) is 4.39. The number of benzene rings is 1. The third kappa shape index (κ3) is 2.52. The molecule has 5 heteroatoms. The highest BCUT2D eigenvalue weighted by atomic mass is 16.5. The van der Waals surface area contributed by atoms with E-state index in [0.29, 0.717) is 6.04 Å². The average Bonchev–Trinajstić information content (AvgIpc) is 3.13. The first kappa shape index (κ1) is 13.5. The fourth-order valence-corrected chi connectivity index (χ4v) is 3.33. The van der Waals surface area contributed by atoms with Crippen molar-refractivity contribution in [3.8, 4) is 0 Å². The van der Waals surface area contributed by atoms with Crippen LogP contribution in [0.2, 0.25) is 0 Å². The molecule has 0 aliphatic carbocycles. The van der Waals surface area contributed by atoms with Gasteiger partial charge in [0.15, 0.2) is 0 Å². The van der Waals surface area contributed by atoms with Gasteiger partial charge in [0.2, 0.25) is 0 Å². The summed E-state index contributed by atoms with van der Waals surface area (Å²) in [5.74, 6) is 1.90. The molecule has 114 valence electrons. The molecular formula is C17H20N4O. The van der Waals surface area contributed by atoms with Crippen molar-refractivity contribution in [1.82, 2.24) is 20.0 Å². The number of nitrogens with zero attached hydrogens (tertiary/aromatic N) is 3. The van der Waals surface area contributed by atoms with Gasteiger partial charge in [0.05, 0.1) is 23.6 Å². The van der Waals surface area contributed by atoms with Crippen LogP contribution in [-0.4, -0.2) is 26.6 Å². The second-order valence-electron chi connectivity index (χ2n) is 6.05. The minimum atomic E-state index is 0.333. The quantitative estimate of drug-likeness (QED) is 0.802. The SMILES string of the molecule is Cc1cc([C@H]2CCCCN2Cc2nc3ccccc3[nH]2)no1. The van der Waals surface area contributed by atoms with Crippen LogP contribution in [-0.2, 0) is 6.54 Å². The lowest BCUT2D eigenvalue weighted by Gasteiger charge is -2.33. The number of imidazole rings is 1. The van der Waals surface area contributed by atoms with Gasteiger partial charge in [-0.25, -0.2) is 4.98 Å². The molecule has 22 heavy (non-hydrogen) atoms. The van der Waals surface area contributed by atoms with Crippen LogP contribution in [0.1, 0.15) is 42.6 Å². The van der Waals surface area contributed by atoms with Crippen molar-refractivity contribution >= 4 is 11.0 Å². The maximum atomic E-state index is 5.26. The number of nitrogens with one attached hydrogen (secondary N) is 1. The van der Waals surface area contributed by atoms with Crippen molar-refractivity contribution in [2.45, 2.75) is 38.8 Å². The smallest absolute Gasteiger partial charge is 0.133 e. The topological polar surface area (TPSA) is 58.0 Å². The van der Waals surface area contributed by atoms with Crippen LogP contribution in [0, 0.1) is 6.92 Å². The van der Waals surface area contributed by atoms with Gasteiger partial charge in [-0.05, 0) is 38.4 Å². The molecule has 5 nitrogen and oxygen atoms in total. The predicted molar refractivity (Wildman–Crippen MR) is 84.3 cm³/mol. The maximum Gasteiger partial charge on any atom is 0.133 e. The summed E-state index contributed by atoms with van der Waals surface area (Å²) in [6.45, 7) is 3.85. The maximum absolute atomic E-state index is 5.26. The van der Waals surface area contributed by atoms with E-state index in [9.17, 15) is 0 Å². The highest BCUT2D eigenvalue weighted by Crippen LogP contribution is 2.31. The molecule has 1 saturated heterocycles. The summed E-state index contributed by atoms with van der Waals surface area (Å²) in [6.07, 6.45) is 3.60. The molecule has 4 rings (SSSR count). The third-order valence-electron chi connectivity index (χ3n) is 4.39. The summed E-state index contributed by atoms with van der Waals surface area (Å²) in [6, 6.07) is 10.6. The molecule has 0 unspecified atom stereocenters. The van der Waals surface area contributed by atoms with Gasteiger partial charge in [-0.2, -0.15) is 0 Å². The van der Waals surface area contributed by atoms with Crippen molar-refractivity contribution in [3.63, 3.8) is 0 Å². The van der Waals surface area contributed by atoms with Crippen molar-refractivity contribution in [2.24, 2.45) is 0 Å². The van der Waals surface area contributed by atoms with Gasteiger partial charge >= 0.3 is 0 Å². The van der Waals surface area contributed by atoms with E-state index >= 15 is 0 Å². The number of hydrogen-bond acceptors (Lipinski definition) is 4. The van der Waals surface area contributed by atoms with E-state index < -0.39 is 0 Å². The molecule has 0 saturated carbocycles. The van der Waals surface area contributed by atoms with E-state index in [-0.39, 0.29) is 0 Å². The largest absolute Gasteiger partial charge is 0.361 e. The van der Waals surface area contributed by atoms with Gasteiger partial charge in [-0.15, -0.1) is 0 Å². The number of aromatic nitrogens is 3. The minimum Gasteiger partial charge on any atom is -0.361 e. The Morgan fingerprint density at radius 3 is 3.05 bits per heavy atom. The Morgan fingerprint density at radius 1 is 1.32 bits per heavy atom. The van der Waals surface area contributed by atoms with Gasteiger partial charge in [0, 0.05) is 6.07 Å². The lowest BCUT2D eigenvalue weighted by molar-refractivity contribution is 0.131. The van der Waals surface area contributed by atoms with E-state index in [1.54, 1.807) is 0 Å². The van der Waals surface area contributed by atoms with E-state index in [0.717, 1.165) is 47.8 Å². The highest BCUT2D eigenvalue weighted by molar-refractivity contribution is 5.74. The number of aromatic amines is 1. The molecular weight excluding hydrogens is 276 g/mol. The van der Waals surface area contributed by atoms with Crippen molar-refractivity contribution in [3.05, 3.63) is 47.6 Å². The first-order chi connectivity index (χ1) is 10.8. The van der Waals surface area contributed by atoms with Crippen LogP contribution in [0.4, 0.5) is 0 Å². The zero-order valence-electron chi connectivity index (χ0n) is 12.7. The normalized spacial score (nSPS) is 19.8. The van der Waals surface area contributed by atoms with Crippen LogP contribution in [0.5, 0.6) is 0 Å². The molecule has 0 bridgehead atoms. The second kappa shape index (κ2) is 5.57. The van der Waals surface area contributed by atoms with E-state index in [1.807, 2.05) is 25.1 Å². The molecule has 0 amide bonds. The van der Waals surface area contributed by atoms with Crippen LogP contribution in [0.15, 0.2) is 34.9 Å². The second-order valence-corrected chi connectivity index (χ2v) is 6.05. The standard InChI is InChI=1S/C17H20N4O/c1-12-10-15(20-22-12)16-8-4-5-9-21(16)11-17-18-13-6-2-3-7-14(13)19-17/h2-3,6-7,10,16H,4-5,8-9,11H2,1H3,(H,18,19)/t16-/m1/s1. The zero-order chi connectivity index (χ0) is 14.9. The van der Waals surface area contributed by atoms with Crippen LogP contribution in [0.25, 0.3) is 11.0 Å². The van der Waals surface area contributed by atoms with E-state index in [1.165, 1.54) is 12.8 Å². The summed E-state index contributed by atoms with van der Waals surface area (Å²) < 4.78 is 5.26. The molecule has 1 aromatic carbocycles. The predicted octanol–water partition coefficient (Wildman–Crippen LogP) is 3.59. The number of hydrogen-bond donors (Lipinski definition) is 1.